The van der Waals surface area contributed by atoms with E-state index >= 15 is 0 Å². The maximum absolute atomic E-state index is 4.36. The molecule has 1 saturated carbocycles. The van der Waals surface area contributed by atoms with Crippen molar-refractivity contribution in [2.24, 2.45) is 0 Å². The zero-order valence-electron chi connectivity index (χ0n) is 6.56. The van der Waals surface area contributed by atoms with Crippen molar-refractivity contribution in [2.45, 2.75) is 37.4 Å². The monoisotopic (exact) mass is 140 g/mol. The van der Waals surface area contributed by atoms with Gasteiger partial charge in [0.2, 0.25) is 0 Å². The summed E-state index contributed by atoms with van der Waals surface area (Å²) in [6.07, 6.45) is 6.96. The molecule has 0 heterocycles. The third-order valence-corrected chi connectivity index (χ3v) is 2.09. The third-order valence-electron chi connectivity index (χ3n) is 1.57. The molecule has 1 aliphatic carbocycles. The Kier molecular flexibility index (Phi) is 6.03. The number of hydrogen-bond acceptors (Lipinski definition) is 1. The maximum atomic E-state index is 4.36. The number of thiol groups is 1. The molecular formula is C6H13NaS. The summed E-state index contributed by atoms with van der Waals surface area (Å²) >= 11 is 4.36. The van der Waals surface area contributed by atoms with E-state index in [4.69, 9.17) is 0 Å². The van der Waals surface area contributed by atoms with Gasteiger partial charge in [0.05, 0.1) is 0 Å². The Balaban J connectivity index is 0. The SMILES string of the molecule is SC1CCCCC1.[H-].[Na+]. The van der Waals surface area contributed by atoms with E-state index in [1.54, 1.807) is 0 Å². The van der Waals surface area contributed by atoms with Crippen LogP contribution in [-0.4, -0.2) is 5.25 Å². The molecule has 0 radical (unpaired) electrons. The zero-order chi connectivity index (χ0) is 5.11. The second kappa shape index (κ2) is 5.16. The van der Waals surface area contributed by atoms with Crippen LogP contribution < -0.4 is 29.6 Å². The minimum absolute atomic E-state index is 0. The van der Waals surface area contributed by atoms with E-state index in [2.05, 4.69) is 12.6 Å². The van der Waals surface area contributed by atoms with Crippen LogP contribution in [0.5, 0.6) is 0 Å². The fraction of sp³-hybridized carbons (Fsp3) is 1.00. The van der Waals surface area contributed by atoms with Crippen LogP contribution in [0.1, 0.15) is 33.5 Å². The molecule has 0 N–H and O–H groups in total. The zero-order valence-corrected chi connectivity index (χ0v) is 8.45. The quantitative estimate of drug-likeness (QED) is 0.336. The maximum Gasteiger partial charge on any atom is 1.00 e. The van der Waals surface area contributed by atoms with Crippen molar-refractivity contribution in [3.8, 4) is 0 Å². The van der Waals surface area contributed by atoms with Crippen molar-refractivity contribution < 1.29 is 31.0 Å². The van der Waals surface area contributed by atoms with Crippen molar-refractivity contribution in [2.75, 3.05) is 0 Å². The van der Waals surface area contributed by atoms with Crippen LogP contribution in [0.3, 0.4) is 0 Å². The predicted octanol–water partition coefficient (Wildman–Crippen LogP) is -0.635. The van der Waals surface area contributed by atoms with Gasteiger partial charge >= 0.3 is 29.6 Å². The molecule has 0 amide bonds. The summed E-state index contributed by atoms with van der Waals surface area (Å²) in [4.78, 5) is 0. The van der Waals surface area contributed by atoms with Gasteiger partial charge in [-0.2, -0.15) is 12.6 Å². The van der Waals surface area contributed by atoms with Crippen molar-refractivity contribution in [1.29, 1.82) is 0 Å². The molecule has 2 heteroatoms. The van der Waals surface area contributed by atoms with E-state index in [1.165, 1.54) is 32.1 Å². The molecule has 0 spiro atoms. The Morgan fingerprint density at radius 1 is 1.12 bits per heavy atom. The number of rotatable bonds is 0. The first kappa shape index (κ1) is 9.35. The first-order valence-electron chi connectivity index (χ1n) is 3.07. The molecule has 0 atom stereocenters. The Bertz CT molecular complexity index is 55.0. The molecule has 1 rings (SSSR count). The molecule has 0 aromatic rings. The largest absolute Gasteiger partial charge is 1.00 e. The Hall–Kier alpha value is 1.35. The van der Waals surface area contributed by atoms with E-state index < -0.39 is 0 Å². The van der Waals surface area contributed by atoms with Gasteiger partial charge < -0.3 is 1.43 Å². The Labute approximate surface area is 80.6 Å². The van der Waals surface area contributed by atoms with Crippen LogP contribution in [0, 0.1) is 0 Å². The van der Waals surface area contributed by atoms with Gasteiger partial charge in [-0.1, -0.05) is 19.3 Å². The van der Waals surface area contributed by atoms with Gasteiger partial charge in [0.1, 0.15) is 0 Å². The Morgan fingerprint density at radius 2 is 1.62 bits per heavy atom. The molecule has 0 aromatic carbocycles. The summed E-state index contributed by atoms with van der Waals surface area (Å²) in [6.45, 7) is 0. The van der Waals surface area contributed by atoms with Gasteiger partial charge in [-0.25, -0.2) is 0 Å². The van der Waals surface area contributed by atoms with Crippen LogP contribution in [0.2, 0.25) is 0 Å². The normalized spacial score (nSPS) is 22.1. The molecule has 0 nitrogen and oxygen atoms in total. The van der Waals surface area contributed by atoms with E-state index in [9.17, 15) is 0 Å². The molecule has 0 unspecified atom stereocenters. The molecule has 0 bridgehead atoms. The summed E-state index contributed by atoms with van der Waals surface area (Å²) in [5.41, 5.74) is 0. The number of hydrogen-bond donors (Lipinski definition) is 1. The average molecular weight is 140 g/mol. The Morgan fingerprint density at radius 3 is 1.88 bits per heavy atom. The summed E-state index contributed by atoms with van der Waals surface area (Å²) in [5, 5.41) is 0.730. The predicted molar refractivity (Wildman–Crippen MR) is 37.0 cm³/mol. The minimum atomic E-state index is 0. The second-order valence-corrected chi connectivity index (χ2v) is 3.02. The summed E-state index contributed by atoms with van der Waals surface area (Å²) in [6, 6.07) is 0. The first-order chi connectivity index (χ1) is 3.39. The van der Waals surface area contributed by atoms with E-state index in [-0.39, 0.29) is 31.0 Å². The fourth-order valence-electron chi connectivity index (χ4n) is 1.08. The summed E-state index contributed by atoms with van der Waals surface area (Å²) < 4.78 is 0. The third kappa shape index (κ3) is 3.39. The van der Waals surface area contributed by atoms with Crippen LogP contribution in [0.4, 0.5) is 0 Å². The van der Waals surface area contributed by atoms with E-state index in [0.717, 1.165) is 5.25 Å². The fourth-order valence-corrected chi connectivity index (χ4v) is 1.45. The van der Waals surface area contributed by atoms with Crippen LogP contribution in [0.15, 0.2) is 0 Å². The summed E-state index contributed by atoms with van der Waals surface area (Å²) in [5.74, 6) is 0. The van der Waals surface area contributed by atoms with Crippen molar-refractivity contribution in [3.63, 3.8) is 0 Å². The van der Waals surface area contributed by atoms with E-state index in [1.807, 2.05) is 0 Å². The van der Waals surface area contributed by atoms with Crippen molar-refractivity contribution >= 4 is 12.6 Å². The second-order valence-electron chi connectivity index (χ2n) is 2.29. The molecule has 8 heavy (non-hydrogen) atoms. The van der Waals surface area contributed by atoms with Gasteiger partial charge in [0, 0.05) is 5.25 Å². The molecule has 0 saturated heterocycles. The molecular weight excluding hydrogens is 127 g/mol. The average Bonchev–Trinajstić information content (AvgIpc) is 1.69. The molecule has 1 aliphatic rings. The molecule has 0 aliphatic heterocycles. The van der Waals surface area contributed by atoms with E-state index in [0.29, 0.717) is 0 Å². The topological polar surface area (TPSA) is 0 Å². The molecule has 1 fully saturated rings. The molecule has 44 valence electrons. The molecule has 0 aromatic heterocycles. The minimum Gasteiger partial charge on any atom is -1.00 e. The van der Waals surface area contributed by atoms with Crippen molar-refractivity contribution in [3.05, 3.63) is 0 Å². The van der Waals surface area contributed by atoms with Gasteiger partial charge in [-0.15, -0.1) is 0 Å². The summed E-state index contributed by atoms with van der Waals surface area (Å²) in [7, 11) is 0. The van der Waals surface area contributed by atoms with Gasteiger partial charge in [0.25, 0.3) is 0 Å². The van der Waals surface area contributed by atoms with Crippen molar-refractivity contribution in [1.82, 2.24) is 0 Å². The van der Waals surface area contributed by atoms with Gasteiger partial charge in [-0.3, -0.25) is 0 Å². The van der Waals surface area contributed by atoms with Crippen LogP contribution >= 0.6 is 12.6 Å². The first-order valence-corrected chi connectivity index (χ1v) is 3.59. The smallest absolute Gasteiger partial charge is 1.00 e. The van der Waals surface area contributed by atoms with Crippen LogP contribution in [-0.2, 0) is 0 Å². The standard InChI is InChI=1S/C6H12S.Na.H/c7-6-4-2-1-3-5-6;;/h6-7H,1-5H2;;/q;+1;-1. The van der Waals surface area contributed by atoms with Gasteiger partial charge in [0.15, 0.2) is 0 Å². The van der Waals surface area contributed by atoms with Gasteiger partial charge in [-0.05, 0) is 12.8 Å². The van der Waals surface area contributed by atoms with Crippen LogP contribution in [0.25, 0.3) is 0 Å².